The molecule has 0 aliphatic rings. The van der Waals surface area contributed by atoms with E-state index >= 15 is 0 Å². The van der Waals surface area contributed by atoms with Crippen LogP contribution >= 0.6 is 11.6 Å². The van der Waals surface area contributed by atoms with Crippen LogP contribution in [0.4, 0.5) is 15.0 Å². The second-order valence-corrected chi connectivity index (χ2v) is 7.66. The number of carboxylic acid groups (broad SMARTS) is 1. The molecule has 25 heavy (non-hydrogen) atoms. The normalized spacial score (nSPS) is 12.6. The molecule has 8 heteroatoms. The van der Waals surface area contributed by atoms with Crippen LogP contribution in [0.25, 0.3) is 0 Å². The summed E-state index contributed by atoms with van der Waals surface area (Å²) < 4.78 is 14.2. The molecule has 1 atom stereocenters. The summed E-state index contributed by atoms with van der Waals surface area (Å²) in [5.41, 5.74) is -0.649. The van der Waals surface area contributed by atoms with E-state index in [2.05, 4.69) is 10.3 Å². The first-order valence-corrected chi connectivity index (χ1v) is 8.36. The van der Waals surface area contributed by atoms with E-state index in [4.69, 9.17) is 16.9 Å². The number of halogens is 2. The van der Waals surface area contributed by atoms with Crippen LogP contribution in [0, 0.1) is 23.1 Å². The van der Waals surface area contributed by atoms with Gasteiger partial charge in [0.2, 0.25) is 0 Å². The lowest BCUT2D eigenvalue weighted by Gasteiger charge is -2.36. The zero-order valence-electron chi connectivity index (χ0n) is 15.1. The third kappa shape index (κ3) is 6.05. The van der Waals surface area contributed by atoms with Gasteiger partial charge in [0.15, 0.2) is 11.6 Å². The number of nitrogens with one attached hydrogen (secondary N) is 1. The number of nitrogens with zero attached hydrogens (tertiary/aromatic N) is 3. The smallest absolute Gasteiger partial charge is 0.407 e. The van der Waals surface area contributed by atoms with Crippen molar-refractivity contribution < 1.29 is 14.3 Å². The average Bonchev–Trinajstić information content (AvgIpc) is 2.45. The first kappa shape index (κ1) is 21.0. The average molecular weight is 371 g/mol. The molecule has 1 aromatic rings. The van der Waals surface area contributed by atoms with Gasteiger partial charge in [-0.25, -0.2) is 14.2 Å². The van der Waals surface area contributed by atoms with Crippen LogP contribution in [0.5, 0.6) is 0 Å². The number of pyridine rings is 1. The van der Waals surface area contributed by atoms with E-state index in [-0.39, 0.29) is 35.0 Å². The molecule has 1 heterocycles. The quantitative estimate of drug-likeness (QED) is 0.726. The minimum atomic E-state index is -1.05. The van der Waals surface area contributed by atoms with Crippen LogP contribution in [0.3, 0.4) is 0 Å². The van der Waals surface area contributed by atoms with Gasteiger partial charge < -0.3 is 15.3 Å². The molecule has 0 aliphatic heterocycles. The van der Waals surface area contributed by atoms with Crippen LogP contribution in [0.2, 0.25) is 5.15 Å². The minimum Gasteiger partial charge on any atom is -0.465 e. The summed E-state index contributed by atoms with van der Waals surface area (Å²) in [7, 11) is 0. The minimum absolute atomic E-state index is 0.0491. The van der Waals surface area contributed by atoms with Crippen LogP contribution in [-0.4, -0.2) is 39.2 Å². The van der Waals surface area contributed by atoms with Gasteiger partial charge in [-0.2, -0.15) is 5.26 Å². The third-order valence-electron chi connectivity index (χ3n) is 3.59. The number of rotatable bonds is 6. The van der Waals surface area contributed by atoms with Crippen molar-refractivity contribution in [3.63, 3.8) is 0 Å². The van der Waals surface area contributed by atoms with Crippen molar-refractivity contribution in [3.8, 4) is 6.07 Å². The van der Waals surface area contributed by atoms with Gasteiger partial charge >= 0.3 is 6.09 Å². The molecule has 1 rings (SSSR count). The SMILES string of the molecule is CC(C)CC(CN(C(=O)O)C(C)(C)C)Nc1nc(Cl)c(C#N)cc1F. The molecule has 0 fully saturated rings. The van der Waals surface area contributed by atoms with Gasteiger partial charge in [0.05, 0.1) is 5.56 Å². The number of aromatic nitrogens is 1. The fraction of sp³-hybridized carbons (Fsp3) is 0.588. The number of hydrogen-bond acceptors (Lipinski definition) is 4. The maximum atomic E-state index is 14.2. The molecular formula is C17H24ClFN4O2. The lowest BCUT2D eigenvalue weighted by atomic mass is 10.00. The fourth-order valence-corrected chi connectivity index (χ4v) is 2.63. The van der Waals surface area contributed by atoms with Crippen molar-refractivity contribution in [1.29, 1.82) is 5.26 Å². The zero-order chi connectivity index (χ0) is 19.4. The topological polar surface area (TPSA) is 89.2 Å². The maximum absolute atomic E-state index is 14.2. The Morgan fingerprint density at radius 3 is 2.56 bits per heavy atom. The summed E-state index contributed by atoms with van der Waals surface area (Å²) in [6.07, 6.45) is -0.437. The molecule has 0 aromatic carbocycles. The second kappa shape index (κ2) is 8.34. The van der Waals surface area contributed by atoms with Crippen LogP contribution in [0.1, 0.15) is 46.6 Å². The molecule has 0 radical (unpaired) electrons. The van der Waals surface area contributed by atoms with Crippen LogP contribution < -0.4 is 5.32 Å². The summed E-state index contributed by atoms with van der Waals surface area (Å²) in [6, 6.07) is 2.42. The Kier molecular flexibility index (Phi) is 7.00. The van der Waals surface area contributed by atoms with E-state index in [0.29, 0.717) is 6.42 Å². The van der Waals surface area contributed by atoms with Gasteiger partial charge in [-0.05, 0) is 39.2 Å². The summed E-state index contributed by atoms with van der Waals surface area (Å²) in [6.45, 7) is 9.54. The largest absolute Gasteiger partial charge is 0.465 e. The van der Waals surface area contributed by atoms with Gasteiger partial charge in [0, 0.05) is 18.1 Å². The van der Waals surface area contributed by atoms with Gasteiger partial charge in [-0.15, -0.1) is 0 Å². The number of anilines is 1. The van der Waals surface area contributed by atoms with Crippen molar-refractivity contribution in [2.45, 2.75) is 52.6 Å². The summed E-state index contributed by atoms with van der Waals surface area (Å²) in [5, 5.41) is 21.2. The Hall–Kier alpha value is -2.07. The van der Waals surface area contributed by atoms with E-state index in [0.717, 1.165) is 6.07 Å². The fourth-order valence-electron chi connectivity index (χ4n) is 2.45. The highest BCUT2D eigenvalue weighted by Gasteiger charge is 2.29. The van der Waals surface area contributed by atoms with E-state index in [9.17, 15) is 14.3 Å². The molecule has 6 nitrogen and oxygen atoms in total. The van der Waals surface area contributed by atoms with Crippen LogP contribution in [-0.2, 0) is 0 Å². The van der Waals surface area contributed by atoms with Gasteiger partial charge in [0.1, 0.15) is 11.2 Å². The van der Waals surface area contributed by atoms with E-state index in [1.807, 2.05) is 13.8 Å². The Morgan fingerprint density at radius 2 is 2.12 bits per heavy atom. The van der Waals surface area contributed by atoms with E-state index in [1.54, 1.807) is 26.8 Å². The first-order chi connectivity index (χ1) is 11.5. The molecule has 138 valence electrons. The Morgan fingerprint density at radius 1 is 1.52 bits per heavy atom. The molecule has 0 saturated heterocycles. The van der Waals surface area contributed by atoms with Crippen LogP contribution in [0.15, 0.2) is 6.07 Å². The molecule has 1 unspecified atom stereocenters. The summed E-state index contributed by atoms with van der Waals surface area (Å²) in [5.74, 6) is -0.536. The zero-order valence-corrected chi connectivity index (χ0v) is 15.9. The first-order valence-electron chi connectivity index (χ1n) is 7.99. The highest BCUT2D eigenvalue weighted by atomic mass is 35.5. The number of nitriles is 1. The van der Waals surface area contributed by atoms with Gasteiger partial charge in [0.25, 0.3) is 0 Å². The van der Waals surface area contributed by atoms with E-state index in [1.165, 1.54) is 4.90 Å². The second-order valence-electron chi connectivity index (χ2n) is 7.30. The molecule has 0 bridgehead atoms. The number of carbonyl (C=O) groups is 1. The molecule has 0 aliphatic carbocycles. The van der Waals surface area contributed by atoms with E-state index < -0.39 is 17.4 Å². The summed E-state index contributed by atoms with van der Waals surface area (Å²) in [4.78, 5) is 16.8. The number of hydrogen-bond donors (Lipinski definition) is 2. The van der Waals surface area contributed by atoms with Gasteiger partial charge in [-0.1, -0.05) is 25.4 Å². The molecule has 1 amide bonds. The molecule has 2 N–H and O–H groups in total. The van der Waals surface area contributed by atoms with Crippen molar-refractivity contribution >= 4 is 23.5 Å². The van der Waals surface area contributed by atoms with Crippen molar-refractivity contribution in [2.24, 2.45) is 5.92 Å². The Bertz CT molecular complexity index is 668. The molecule has 1 aromatic heterocycles. The lowest BCUT2D eigenvalue weighted by molar-refractivity contribution is 0.0958. The predicted molar refractivity (Wildman–Crippen MR) is 95.3 cm³/mol. The number of amides is 1. The highest BCUT2D eigenvalue weighted by Crippen LogP contribution is 2.23. The molecule has 0 saturated carbocycles. The molecular weight excluding hydrogens is 347 g/mol. The van der Waals surface area contributed by atoms with Crippen molar-refractivity contribution in [2.75, 3.05) is 11.9 Å². The highest BCUT2D eigenvalue weighted by molar-refractivity contribution is 6.30. The van der Waals surface area contributed by atoms with Crippen molar-refractivity contribution in [3.05, 3.63) is 22.6 Å². The third-order valence-corrected chi connectivity index (χ3v) is 3.88. The monoisotopic (exact) mass is 370 g/mol. The van der Waals surface area contributed by atoms with Gasteiger partial charge in [-0.3, -0.25) is 0 Å². The predicted octanol–water partition coefficient (Wildman–Crippen LogP) is 4.35. The summed E-state index contributed by atoms with van der Waals surface area (Å²) >= 11 is 5.87. The molecule has 0 spiro atoms. The maximum Gasteiger partial charge on any atom is 0.407 e. The standard InChI is InChI=1S/C17H24ClFN4O2/c1-10(2)6-12(9-23(16(24)25)17(3,4)5)21-15-13(19)7-11(8-20)14(18)22-15/h7,10,12H,6,9H2,1-5H3,(H,21,22)(H,24,25). The Balaban J connectivity index is 3.10. The lowest BCUT2D eigenvalue weighted by Crippen LogP contribution is -2.50. The van der Waals surface area contributed by atoms with Crippen molar-refractivity contribution in [1.82, 2.24) is 9.88 Å². The Labute approximate surface area is 152 Å².